The highest BCUT2D eigenvalue weighted by Crippen LogP contribution is 2.23. The van der Waals surface area contributed by atoms with E-state index in [9.17, 15) is 14.7 Å². The fourth-order valence-corrected chi connectivity index (χ4v) is 2.58. The zero-order valence-corrected chi connectivity index (χ0v) is 15.7. The second kappa shape index (κ2) is 8.23. The lowest BCUT2D eigenvalue weighted by Crippen LogP contribution is -2.44. The fraction of sp³-hybridized carbons (Fsp3) is 0.300. The van der Waals surface area contributed by atoms with Gasteiger partial charge < -0.3 is 15.2 Å². The zero-order chi connectivity index (χ0) is 19.3. The van der Waals surface area contributed by atoms with Gasteiger partial charge in [0.2, 0.25) is 0 Å². The van der Waals surface area contributed by atoms with E-state index in [4.69, 9.17) is 16.3 Å². The summed E-state index contributed by atoms with van der Waals surface area (Å²) in [6.45, 7) is 5.16. The highest BCUT2D eigenvalue weighted by molar-refractivity contribution is 6.30. The number of aliphatic carboxylic acids is 1. The smallest absolute Gasteiger partial charge is 0.408 e. The molecule has 2 rings (SSSR count). The average Bonchev–Trinajstić information content (AvgIpc) is 2.53. The molecule has 0 aliphatic rings. The van der Waals surface area contributed by atoms with Gasteiger partial charge in [0.15, 0.2) is 0 Å². The van der Waals surface area contributed by atoms with E-state index in [1.807, 2.05) is 42.5 Å². The lowest BCUT2D eigenvalue weighted by molar-refractivity contribution is -0.139. The van der Waals surface area contributed by atoms with Gasteiger partial charge in [0.05, 0.1) is 0 Å². The first-order chi connectivity index (χ1) is 12.1. The van der Waals surface area contributed by atoms with Gasteiger partial charge in [0, 0.05) is 11.4 Å². The van der Waals surface area contributed by atoms with Gasteiger partial charge in [-0.25, -0.2) is 9.59 Å². The van der Waals surface area contributed by atoms with Gasteiger partial charge in [0.1, 0.15) is 11.6 Å². The first kappa shape index (κ1) is 19.8. The molecule has 0 heterocycles. The Balaban J connectivity index is 2.07. The minimum atomic E-state index is -1.12. The quantitative estimate of drug-likeness (QED) is 0.805. The third kappa shape index (κ3) is 6.08. The van der Waals surface area contributed by atoms with Crippen molar-refractivity contribution in [2.24, 2.45) is 0 Å². The summed E-state index contributed by atoms with van der Waals surface area (Å²) in [6.07, 6.45) is -0.592. The van der Waals surface area contributed by atoms with Gasteiger partial charge in [-0.15, -0.1) is 0 Å². The third-order valence-corrected chi connectivity index (χ3v) is 3.78. The molecule has 1 atom stereocenters. The standard InChI is InChI=1S/C20H22ClNO4/c1-20(2,3)26-19(25)22-17(18(23)24)11-13-7-9-14(10-8-13)15-5-4-6-16(21)12-15/h4-10,12,17H,11H2,1-3H3,(H,22,25)(H,23,24). The van der Waals surface area contributed by atoms with Crippen LogP contribution in [-0.2, 0) is 16.0 Å². The molecule has 2 aromatic carbocycles. The van der Waals surface area contributed by atoms with Crippen molar-refractivity contribution in [3.05, 3.63) is 59.1 Å². The second-order valence-corrected chi connectivity index (χ2v) is 7.38. The van der Waals surface area contributed by atoms with Crippen LogP contribution in [0.4, 0.5) is 4.79 Å². The van der Waals surface area contributed by atoms with Gasteiger partial charge in [-0.1, -0.05) is 48.0 Å². The van der Waals surface area contributed by atoms with Gasteiger partial charge in [0.25, 0.3) is 0 Å². The van der Waals surface area contributed by atoms with Crippen molar-refractivity contribution in [1.82, 2.24) is 5.32 Å². The number of hydrogen-bond acceptors (Lipinski definition) is 3. The monoisotopic (exact) mass is 375 g/mol. The zero-order valence-electron chi connectivity index (χ0n) is 15.0. The lowest BCUT2D eigenvalue weighted by atomic mass is 10.0. The SMILES string of the molecule is CC(C)(C)OC(=O)NC(Cc1ccc(-c2cccc(Cl)c2)cc1)C(=O)O. The summed E-state index contributed by atoms with van der Waals surface area (Å²) < 4.78 is 5.12. The Labute approximate surface area is 157 Å². The van der Waals surface area contributed by atoms with E-state index in [-0.39, 0.29) is 6.42 Å². The van der Waals surface area contributed by atoms with Crippen molar-refractivity contribution < 1.29 is 19.4 Å². The van der Waals surface area contributed by atoms with Crippen molar-refractivity contribution in [2.45, 2.75) is 38.8 Å². The Morgan fingerprint density at radius 3 is 2.31 bits per heavy atom. The van der Waals surface area contributed by atoms with Crippen LogP contribution in [0.25, 0.3) is 11.1 Å². The van der Waals surface area contributed by atoms with Crippen LogP contribution in [0.15, 0.2) is 48.5 Å². The Hall–Kier alpha value is -2.53. The summed E-state index contributed by atoms with van der Waals surface area (Å²) in [6, 6.07) is 13.9. The van der Waals surface area contributed by atoms with E-state index in [2.05, 4.69) is 5.32 Å². The topological polar surface area (TPSA) is 75.6 Å². The summed E-state index contributed by atoms with van der Waals surface area (Å²) in [5.74, 6) is -1.12. The first-order valence-electron chi connectivity index (χ1n) is 8.21. The fourth-order valence-electron chi connectivity index (χ4n) is 2.39. The van der Waals surface area contributed by atoms with E-state index < -0.39 is 23.7 Å². The van der Waals surface area contributed by atoms with E-state index >= 15 is 0 Å². The molecule has 0 aliphatic carbocycles. The number of carboxylic acid groups (broad SMARTS) is 1. The Kier molecular flexibility index (Phi) is 6.27. The summed E-state index contributed by atoms with van der Waals surface area (Å²) >= 11 is 6.01. The number of carbonyl (C=O) groups excluding carboxylic acids is 1. The van der Waals surface area contributed by atoms with Gasteiger partial charge >= 0.3 is 12.1 Å². The molecular formula is C20H22ClNO4. The van der Waals surface area contributed by atoms with Gasteiger partial charge in [-0.3, -0.25) is 0 Å². The molecule has 0 aromatic heterocycles. The maximum absolute atomic E-state index is 11.8. The lowest BCUT2D eigenvalue weighted by Gasteiger charge is -2.22. The van der Waals surface area contributed by atoms with Gasteiger partial charge in [-0.2, -0.15) is 0 Å². The third-order valence-electron chi connectivity index (χ3n) is 3.54. The minimum absolute atomic E-state index is 0.157. The van der Waals surface area contributed by atoms with E-state index in [1.54, 1.807) is 26.8 Å². The number of nitrogens with one attached hydrogen (secondary N) is 1. The van der Waals surface area contributed by atoms with Crippen LogP contribution in [0.1, 0.15) is 26.3 Å². The highest BCUT2D eigenvalue weighted by Gasteiger charge is 2.24. The minimum Gasteiger partial charge on any atom is -0.480 e. The van der Waals surface area contributed by atoms with E-state index in [0.717, 1.165) is 16.7 Å². The molecule has 0 spiro atoms. The predicted octanol–water partition coefficient (Wildman–Crippen LogP) is 4.53. The van der Waals surface area contributed by atoms with Crippen molar-refractivity contribution in [3.63, 3.8) is 0 Å². The molecule has 6 heteroatoms. The Morgan fingerprint density at radius 1 is 1.12 bits per heavy atom. The molecule has 1 unspecified atom stereocenters. The van der Waals surface area contributed by atoms with Crippen LogP contribution in [-0.4, -0.2) is 28.8 Å². The maximum Gasteiger partial charge on any atom is 0.408 e. The van der Waals surface area contributed by atoms with Crippen LogP contribution < -0.4 is 5.32 Å². The molecule has 5 nitrogen and oxygen atoms in total. The molecule has 0 aliphatic heterocycles. The van der Waals surface area contributed by atoms with Crippen molar-refractivity contribution in [1.29, 1.82) is 0 Å². The van der Waals surface area contributed by atoms with Crippen LogP contribution in [0.3, 0.4) is 0 Å². The molecule has 0 saturated carbocycles. The largest absolute Gasteiger partial charge is 0.480 e. The summed E-state index contributed by atoms with van der Waals surface area (Å²) in [7, 11) is 0. The van der Waals surface area contributed by atoms with Crippen molar-refractivity contribution in [2.75, 3.05) is 0 Å². The van der Waals surface area contributed by atoms with Crippen LogP contribution in [0.5, 0.6) is 0 Å². The van der Waals surface area contributed by atoms with Gasteiger partial charge in [-0.05, 0) is 49.6 Å². The molecule has 0 bridgehead atoms. The highest BCUT2D eigenvalue weighted by atomic mass is 35.5. The summed E-state index contributed by atoms with van der Waals surface area (Å²) in [4.78, 5) is 23.3. The number of alkyl carbamates (subject to hydrolysis) is 1. The molecular weight excluding hydrogens is 354 g/mol. The molecule has 0 radical (unpaired) electrons. The number of halogens is 1. The van der Waals surface area contributed by atoms with E-state index in [1.165, 1.54) is 0 Å². The number of benzene rings is 2. The molecule has 138 valence electrons. The average molecular weight is 376 g/mol. The van der Waals surface area contributed by atoms with E-state index in [0.29, 0.717) is 5.02 Å². The second-order valence-electron chi connectivity index (χ2n) is 6.95. The normalized spacial score (nSPS) is 12.3. The molecule has 2 aromatic rings. The number of amides is 1. The molecule has 0 fully saturated rings. The van der Waals surface area contributed by atoms with Crippen LogP contribution in [0.2, 0.25) is 5.02 Å². The number of rotatable bonds is 5. The number of carbonyl (C=O) groups is 2. The van der Waals surface area contributed by atoms with Crippen molar-refractivity contribution in [3.8, 4) is 11.1 Å². The number of carboxylic acids is 1. The number of ether oxygens (including phenoxy) is 1. The van der Waals surface area contributed by atoms with Crippen LogP contribution >= 0.6 is 11.6 Å². The summed E-state index contributed by atoms with van der Waals surface area (Å²) in [5, 5.41) is 12.4. The molecule has 26 heavy (non-hydrogen) atoms. The van der Waals surface area contributed by atoms with Crippen LogP contribution in [0, 0.1) is 0 Å². The molecule has 1 amide bonds. The van der Waals surface area contributed by atoms with Crippen molar-refractivity contribution >= 4 is 23.7 Å². The Bertz CT molecular complexity index is 781. The predicted molar refractivity (Wildman–Crippen MR) is 101 cm³/mol. The first-order valence-corrected chi connectivity index (χ1v) is 8.59. The molecule has 2 N–H and O–H groups in total. The Morgan fingerprint density at radius 2 is 1.77 bits per heavy atom. The number of hydrogen-bond donors (Lipinski definition) is 2. The summed E-state index contributed by atoms with van der Waals surface area (Å²) in [5.41, 5.74) is 2.05. The molecule has 0 saturated heterocycles. The maximum atomic E-state index is 11.8.